The smallest absolute Gasteiger partial charge is 0.125 e. The average Bonchev–Trinajstić information content (AvgIpc) is 3.74. The molecule has 0 bridgehead atoms. The van der Waals surface area contributed by atoms with Crippen LogP contribution in [-0.2, 0) is 0 Å². The molecular formula is C47H28N2S. The molecule has 1 aliphatic rings. The Labute approximate surface area is 293 Å². The minimum Gasteiger partial charge on any atom is -0.310 e. The summed E-state index contributed by atoms with van der Waals surface area (Å²) in [5.41, 5.74) is 10.5. The Morgan fingerprint density at radius 1 is 0.400 bits per heavy atom. The van der Waals surface area contributed by atoms with Gasteiger partial charge in [0.2, 0.25) is 0 Å². The van der Waals surface area contributed by atoms with Crippen LogP contribution in [0.25, 0.3) is 86.5 Å². The molecule has 0 amide bonds. The Morgan fingerprint density at radius 2 is 1.06 bits per heavy atom. The summed E-state index contributed by atoms with van der Waals surface area (Å²) >= 11 is 1.82. The van der Waals surface area contributed by atoms with Gasteiger partial charge in [0.05, 0.1) is 10.6 Å². The summed E-state index contributed by atoms with van der Waals surface area (Å²) in [5, 5.41) is 11.3. The van der Waals surface area contributed by atoms with Gasteiger partial charge in [-0.15, -0.1) is 11.3 Å². The van der Waals surface area contributed by atoms with E-state index in [-0.39, 0.29) is 0 Å². The van der Waals surface area contributed by atoms with Crippen molar-refractivity contribution in [2.45, 2.75) is 0 Å². The predicted molar refractivity (Wildman–Crippen MR) is 213 cm³/mol. The highest BCUT2D eigenvalue weighted by atomic mass is 32.1. The normalized spacial score (nSPS) is 12.0. The summed E-state index contributed by atoms with van der Waals surface area (Å²) in [5.74, 6) is 0. The Kier molecular flexibility index (Phi) is 5.86. The fourth-order valence-electron chi connectivity index (χ4n) is 8.14. The molecule has 0 saturated carbocycles. The number of nitrogens with zero attached hydrogens (tertiary/aromatic N) is 2. The molecule has 0 radical (unpaired) electrons. The fraction of sp³-hybridized carbons (Fsp3) is 0. The molecule has 0 spiro atoms. The van der Waals surface area contributed by atoms with Crippen molar-refractivity contribution in [3.05, 3.63) is 170 Å². The Balaban J connectivity index is 1.11. The topological polar surface area (TPSA) is 16.1 Å². The molecule has 10 aromatic rings. The summed E-state index contributed by atoms with van der Waals surface area (Å²) in [6.45, 7) is 0. The molecule has 1 aromatic heterocycles. The zero-order valence-electron chi connectivity index (χ0n) is 27.0. The fourth-order valence-corrected chi connectivity index (χ4v) is 9.27. The molecular weight excluding hydrogens is 625 g/mol. The molecule has 0 atom stereocenters. The second-order valence-electron chi connectivity index (χ2n) is 13.2. The molecule has 0 aliphatic heterocycles. The second kappa shape index (κ2) is 10.6. The molecule has 232 valence electrons. The van der Waals surface area contributed by atoms with E-state index in [0.717, 1.165) is 27.8 Å². The Bertz CT molecular complexity index is 2920. The number of rotatable bonds is 5. The van der Waals surface area contributed by atoms with Gasteiger partial charge >= 0.3 is 0 Å². The molecule has 0 saturated heterocycles. The molecule has 0 fully saturated rings. The van der Waals surface area contributed by atoms with Crippen LogP contribution in [0.5, 0.6) is 0 Å². The van der Waals surface area contributed by atoms with Crippen molar-refractivity contribution >= 4 is 71.5 Å². The standard InChI is InChI=1S/C47H28N2S/c1-3-11-29(12-4-1)32-15-8-20-36(25-32)49(35-18-5-2-6-19-35)37-26-33-17-10-22-39-43(33)41(28-37)46-45(39)48-47(50-46)40-27-34-16-7-13-30-23-24-31-14-9-21-38(40)44(31)42(30)34/h1-28H. The number of thiazole rings is 1. The van der Waals surface area contributed by atoms with Crippen LogP contribution in [0.2, 0.25) is 0 Å². The van der Waals surface area contributed by atoms with E-state index < -0.39 is 0 Å². The van der Waals surface area contributed by atoms with E-state index in [2.05, 4.69) is 175 Å². The van der Waals surface area contributed by atoms with E-state index in [1.54, 1.807) is 0 Å². The average molecular weight is 653 g/mol. The number of aromatic nitrogens is 1. The van der Waals surface area contributed by atoms with Gasteiger partial charge in [0.1, 0.15) is 5.01 Å². The quantitative estimate of drug-likeness (QED) is 0.172. The first-order valence-corrected chi connectivity index (χ1v) is 17.9. The molecule has 50 heavy (non-hydrogen) atoms. The van der Waals surface area contributed by atoms with Crippen LogP contribution in [0, 0.1) is 0 Å². The van der Waals surface area contributed by atoms with Gasteiger partial charge in [-0.1, -0.05) is 127 Å². The lowest BCUT2D eigenvalue weighted by atomic mass is 9.91. The number of anilines is 3. The number of fused-ring (bicyclic) bond motifs is 3. The number of hydrogen-bond donors (Lipinski definition) is 0. The van der Waals surface area contributed by atoms with Gasteiger partial charge in [0.15, 0.2) is 0 Å². The largest absolute Gasteiger partial charge is 0.310 e. The summed E-state index contributed by atoms with van der Waals surface area (Å²) in [6.07, 6.45) is 0. The van der Waals surface area contributed by atoms with E-state index >= 15 is 0 Å². The number of benzene rings is 9. The second-order valence-corrected chi connectivity index (χ2v) is 14.2. The van der Waals surface area contributed by atoms with Crippen LogP contribution in [0.15, 0.2) is 170 Å². The zero-order chi connectivity index (χ0) is 32.8. The highest BCUT2D eigenvalue weighted by molar-refractivity contribution is 7.19. The minimum atomic E-state index is 1.07. The van der Waals surface area contributed by atoms with Crippen LogP contribution < -0.4 is 4.90 Å². The van der Waals surface area contributed by atoms with Crippen molar-refractivity contribution in [3.8, 4) is 43.4 Å². The molecule has 11 rings (SSSR count). The first-order valence-electron chi connectivity index (χ1n) is 17.0. The summed E-state index contributed by atoms with van der Waals surface area (Å²) in [4.78, 5) is 9.08. The third-order valence-electron chi connectivity index (χ3n) is 10.3. The molecule has 1 heterocycles. The van der Waals surface area contributed by atoms with Crippen LogP contribution in [-0.4, -0.2) is 4.98 Å². The van der Waals surface area contributed by atoms with Gasteiger partial charge in [-0.25, -0.2) is 4.98 Å². The number of para-hydroxylation sites is 1. The van der Waals surface area contributed by atoms with E-state index in [1.807, 2.05) is 11.3 Å². The zero-order valence-corrected chi connectivity index (χ0v) is 27.8. The lowest BCUT2D eigenvalue weighted by Gasteiger charge is -2.27. The Morgan fingerprint density at radius 3 is 1.90 bits per heavy atom. The van der Waals surface area contributed by atoms with Crippen molar-refractivity contribution < 1.29 is 0 Å². The van der Waals surface area contributed by atoms with Crippen LogP contribution >= 0.6 is 11.3 Å². The maximum atomic E-state index is 5.45. The lowest BCUT2D eigenvalue weighted by molar-refractivity contribution is 1.29. The summed E-state index contributed by atoms with van der Waals surface area (Å²) in [6, 6.07) is 61.7. The van der Waals surface area contributed by atoms with Gasteiger partial charge in [0, 0.05) is 33.8 Å². The predicted octanol–water partition coefficient (Wildman–Crippen LogP) is 13.6. The Hall–Kier alpha value is -6.29. The highest BCUT2D eigenvalue weighted by Crippen LogP contribution is 2.54. The van der Waals surface area contributed by atoms with Crippen molar-refractivity contribution in [3.63, 3.8) is 0 Å². The first kappa shape index (κ1) is 27.6. The van der Waals surface area contributed by atoms with Crippen molar-refractivity contribution in [1.82, 2.24) is 4.98 Å². The summed E-state index contributed by atoms with van der Waals surface area (Å²) < 4.78 is 0. The molecule has 0 N–H and O–H groups in total. The SMILES string of the molecule is c1ccc(-c2cccc(N(c3ccccc3)c3cc4c5c(cccc5c3)-c3nc(-c5cc6cccc7ccc8cccc5c8c76)sc3-4)c2)cc1. The van der Waals surface area contributed by atoms with Crippen LogP contribution in [0.3, 0.4) is 0 Å². The maximum absolute atomic E-state index is 5.45. The van der Waals surface area contributed by atoms with Crippen molar-refractivity contribution in [2.24, 2.45) is 0 Å². The third kappa shape index (κ3) is 4.05. The van der Waals surface area contributed by atoms with E-state index in [0.29, 0.717) is 0 Å². The maximum Gasteiger partial charge on any atom is 0.125 e. The van der Waals surface area contributed by atoms with E-state index in [9.17, 15) is 0 Å². The van der Waals surface area contributed by atoms with Crippen LogP contribution in [0.1, 0.15) is 0 Å². The first-order chi connectivity index (χ1) is 24.8. The van der Waals surface area contributed by atoms with Gasteiger partial charge in [-0.05, 0) is 96.7 Å². The van der Waals surface area contributed by atoms with Gasteiger partial charge < -0.3 is 4.90 Å². The minimum absolute atomic E-state index is 1.07. The molecule has 2 nitrogen and oxygen atoms in total. The van der Waals surface area contributed by atoms with Crippen LogP contribution in [0.4, 0.5) is 17.1 Å². The number of hydrogen-bond acceptors (Lipinski definition) is 3. The van der Waals surface area contributed by atoms with E-state index in [1.165, 1.54) is 75.8 Å². The highest BCUT2D eigenvalue weighted by Gasteiger charge is 2.29. The molecule has 3 heteroatoms. The third-order valence-corrected chi connectivity index (χ3v) is 11.4. The molecule has 1 aliphatic carbocycles. The van der Waals surface area contributed by atoms with Crippen molar-refractivity contribution in [1.29, 1.82) is 0 Å². The lowest BCUT2D eigenvalue weighted by Crippen LogP contribution is -2.10. The van der Waals surface area contributed by atoms with Crippen molar-refractivity contribution in [2.75, 3.05) is 4.90 Å². The van der Waals surface area contributed by atoms with E-state index in [4.69, 9.17) is 4.98 Å². The monoisotopic (exact) mass is 652 g/mol. The van der Waals surface area contributed by atoms with Gasteiger partial charge in [0.25, 0.3) is 0 Å². The molecule has 0 unspecified atom stereocenters. The molecule has 9 aromatic carbocycles. The van der Waals surface area contributed by atoms with Gasteiger partial charge in [-0.2, -0.15) is 0 Å². The summed E-state index contributed by atoms with van der Waals surface area (Å²) in [7, 11) is 0. The van der Waals surface area contributed by atoms with Gasteiger partial charge in [-0.3, -0.25) is 0 Å².